The second kappa shape index (κ2) is 4.75. The number of rotatable bonds is 2. The molecule has 1 aliphatic heterocycles. The van der Waals surface area contributed by atoms with Gasteiger partial charge in [-0.25, -0.2) is 4.39 Å². The highest BCUT2D eigenvalue weighted by atomic mass is 127. The van der Waals surface area contributed by atoms with E-state index >= 15 is 0 Å². The number of hydrogen-bond donors (Lipinski definition) is 2. The molecule has 0 aliphatic carbocycles. The monoisotopic (exact) mass is 336 g/mol. The Morgan fingerprint density at radius 3 is 2.94 bits per heavy atom. The van der Waals surface area contributed by atoms with E-state index in [1.54, 1.807) is 6.07 Å². The highest BCUT2D eigenvalue weighted by Crippen LogP contribution is 2.27. The summed E-state index contributed by atoms with van der Waals surface area (Å²) >= 11 is 1.93. The molecule has 0 radical (unpaired) electrons. The summed E-state index contributed by atoms with van der Waals surface area (Å²) in [5.41, 5.74) is 7.07. The molecule has 1 saturated heterocycles. The lowest BCUT2D eigenvalue weighted by Crippen LogP contribution is -2.27. The van der Waals surface area contributed by atoms with Crippen LogP contribution in [0.1, 0.15) is 13.3 Å². The first-order chi connectivity index (χ1) is 7.58. The molecule has 3 nitrogen and oxygen atoms in total. The van der Waals surface area contributed by atoms with Gasteiger partial charge in [0.2, 0.25) is 0 Å². The fraction of sp³-hybridized carbons (Fsp3) is 0.455. The third-order valence-corrected chi connectivity index (χ3v) is 3.64. The number of nitrogen functional groups attached to an aromatic ring is 1. The van der Waals surface area contributed by atoms with Crippen molar-refractivity contribution in [3.63, 3.8) is 0 Å². The minimum absolute atomic E-state index is 0.140. The Morgan fingerprint density at radius 2 is 2.31 bits per heavy atom. The van der Waals surface area contributed by atoms with Gasteiger partial charge in [0.1, 0.15) is 5.82 Å². The van der Waals surface area contributed by atoms with Gasteiger partial charge in [0.05, 0.1) is 27.1 Å². The summed E-state index contributed by atoms with van der Waals surface area (Å²) in [7, 11) is 0. The van der Waals surface area contributed by atoms with Crippen molar-refractivity contribution in [1.29, 1.82) is 0 Å². The number of nitrogens with one attached hydrogen (secondary N) is 1. The number of anilines is 2. The molecule has 1 heterocycles. The summed E-state index contributed by atoms with van der Waals surface area (Å²) in [5, 5.41) is 3.23. The minimum atomic E-state index is -0.246. The van der Waals surface area contributed by atoms with Gasteiger partial charge in [-0.2, -0.15) is 0 Å². The topological polar surface area (TPSA) is 47.3 Å². The van der Waals surface area contributed by atoms with Crippen LogP contribution in [0, 0.1) is 9.39 Å². The maximum absolute atomic E-state index is 13.4. The van der Waals surface area contributed by atoms with Gasteiger partial charge >= 0.3 is 0 Å². The van der Waals surface area contributed by atoms with Gasteiger partial charge in [0.25, 0.3) is 0 Å². The van der Waals surface area contributed by atoms with Gasteiger partial charge in [0.15, 0.2) is 0 Å². The van der Waals surface area contributed by atoms with Gasteiger partial charge in [-0.05, 0) is 42.0 Å². The third-order valence-electron chi connectivity index (χ3n) is 2.81. The number of halogens is 2. The maximum Gasteiger partial charge on any atom is 0.138 e. The van der Waals surface area contributed by atoms with Crippen LogP contribution >= 0.6 is 22.6 Å². The molecule has 3 N–H and O–H groups in total. The lowest BCUT2D eigenvalue weighted by Gasteiger charge is -2.19. The molecule has 2 rings (SSSR count). The average molecular weight is 336 g/mol. The zero-order valence-corrected chi connectivity index (χ0v) is 11.1. The Labute approximate surface area is 108 Å². The highest BCUT2D eigenvalue weighted by Gasteiger charge is 2.24. The Bertz CT molecular complexity index is 400. The van der Waals surface area contributed by atoms with Crippen LogP contribution in [0.25, 0.3) is 0 Å². The van der Waals surface area contributed by atoms with Crippen molar-refractivity contribution in [3.8, 4) is 0 Å². The molecule has 0 amide bonds. The van der Waals surface area contributed by atoms with Crippen LogP contribution in [-0.4, -0.2) is 18.8 Å². The van der Waals surface area contributed by atoms with E-state index in [1.165, 1.54) is 6.07 Å². The largest absolute Gasteiger partial charge is 0.397 e. The van der Waals surface area contributed by atoms with E-state index in [0.29, 0.717) is 14.9 Å². The molecule has 1 aliphatic rings. The van der Waals surface area contributed by atoms with Crippen molar-refractivity contribution >= 4 is 34.0 Å². The van der Waals surface area contributed by atoms with E-state index in [-0.39, 0.29) is 18.0 Å². The molecule has 88 valence electrons. The highest BCUT2D eigenvalue weighted by molar-refractivity contribution is 14.1. The molecule has 2 atom stereocenters. The zero-order chi connectivity index (χ0) is 11.7. The maximum atomic E-state index is 13.4. The van der Waals surface area contributed by atoms with Crippen molar-refractivity contribution in [1.82, 2.24) is 0 Å². The average Bonchev–Trinajstić information content (AvgIpc) is 2.61. The van der Waals surface area contributed by atoms with Crippen LogP contribution < -0.4 is 11.1 Å². The number of benzene rings is 1. The minimum Gasteiger partial charge on any atom is -0.397 e. The van der Waals surface area contributed by atoms with Gasteiger partial charge in [-0.1, -0.05) is 0 Å². The molecular weight excluding hydrogens is 322 g/mol. The summed E-state index contributed by atoms with van der Waals surface area (Å²) < 4.78 is 19.4. The van der Waals surface area contributed by atoms with E-state index in [9.17, 15) is 4.39 Å². The quantitative estimate of drug-likeness (QED) is 0.645. The Hall–Kier alpha value is -0.560. The Kier molecular flexibility index (Phi) is 3.53. The van der Waals surface area contributed by atoms with Crippen molar-refractivity contribution < 1.29 is 9.13 Å². The molecular formula is C11H14FIN2O. The van der Waals surface area contributed by atoms with Crippen LogP contribution in [0.5, 0.6) is 0 Å². The Morgan fingerprint density at radius 1 is 1.56 bits per heavy atom. The summed E-state index contributed by atoms with van der Waals surface area (Å²) in [6.45, 7) is 2.75. The predicted molar refractivity (Wildman–Crippen MR) is 71.0 cm³/mol. The summed E-state index contributed by atoms with van der Waals surface area (Å²) in [5.74, 6) is -0.246. The molecule has 0 saturated carbocycles. The van der Waals surface area contributed by atoms with Crippen LogP contribution in [0.15, 0.2) is 12.1 Å². The smallest absolute Gasteiger partial charge is 0.138 e. The van der Waals surface area contributed by atoms with Crippen LogP contribution in [0.4, 0.5) is 15.8 Å². The number of nitrogens with two attached hydrogens (primary N) is 1. The fourth-order valence-corrected chi connectivity index (χ4v) is 2.30. The lowest BCUT2D eigenvalue weighted by atomic mass is 10.1. The van der Waals surface area contributed by atoms with Crippen molar-refractivity contribution in [2.45, 2.75) is 25.5 Å². The van der Waals surface area contributed by atoms with Crippen LogP contribution in [0.2, 0.25) is 0 Å². The third kappa shape index (κ3) is 2.40. The number of hydrogen-bond acceptors (Lipinski definition) is 3. The van der Waals surface area contributed by atoms with Crippen LogP contribution in [0.3, 0.4) is 0 Å². The SMILES string of the molecule is CC1OCCC1Nc1cc(F)c(I)cc1N. The Balaban J connectivity index is 2.18. The van der Waals surface area contributed by atoms with E-state index in [1.807, 2.05) is 29.5 Å². The van der Waals surface area contributed by atoms with Crippen molar-refractivity contribution in [2.75, 3.05) is 17.7 Å². The molecule has 5 heteroatoms. The van der Waals surface area contributed by atoms with E-state index < -0.39 is 0 Å². The molecule has 1 aromatic carbocycles. The molecule has 1 fully saturated rings. The first-order valence-corrected chi connectivity index (χ1v) is 6.28. The van der Waals surface area contributed by atoms with Crippen LogP contribution in [-0.2, 0) is 4.74 Å². The first kappa shape index (κ1) is 11.9. The van der Waals surface area contributed by atoms with E-state index in [2.05, 4.69) is 5.32 Å². The van der Waals surface area contributed by atoms with Gasteiger partial charge < -0.3 is 15.8 Å². The lowest BCUT2D eigenvalue weighted by molar-refractivity contribution is 0.121. The summed E-state index contributed by atoms with van der Waals surface area (Å²) in [6, 6.07) is 3.29. The van der Waals surface area contributed by atoms with E-state index in [4.69, 9.17) is 10.5 Å². The van der Waals surface area contributed by atoms with Gasteiger partial charge in [0, 0.05) is 12.7 Å². The molecule has 0 bridgehead atoms. The molecule has 16 heavy (non-hydrogen) atoms. The molecule has 1 aromatic rings. The molecule has 0 spiro atoms. The van der Waals surface area contributed by atoms with Crippen molar-refractivity contribution in [3.05, 3.63) is 21.5 Å². The fourth-order valence-electron chi connectivity index (χ4n) is 1.81. The summed E-state index contributed by atoms with van der Waals surface area (Å²) in [6.07, 6.45) is 1.07. The first-order valence-electron chi connectivity index (χ1n) is 5.20. The second-order valence-electron chi connectivity index (χ2n) is 3.97. The zero-order valence-electron chi connectivity index (χ0n) is 8.97. The standard InChI is InChI=1S/C11H14FIN2O/c1-6-10(2-3-16-6)15-11-4-7(12)8(13)5-9(11)14/h4-6,10,15H,2-3,14H2,1H3. The van der Waals surface area contributed by atoms with Gasteiger partial charge in [-0.3, -0.25) is 0 Å². The second-order valence-corrected chi connectivity index (χ2v) is 5.13. The van der Waals surface area contributed by atoms with Gasteiger partial charge in [-0.15, -0.1) is 0 Å². The predicted octanol–water partition coefficient (Wildman–Crippen LogP) is 2.60. The molecule has 0 aromatic heterocycles. The molecule has 2 unspecified atom stereocenters. The van der Waals surface area contributed by atoms with E-state index in [0.717, 1.165) is 13.0 Å². The number of ether oxygens (including phenoxy) is 1. The normalized spacial score (nSPS) is 24.7. The van der Waals surface area contributed by atoms with Crippen molar-refractivity contribution in [2.24, 2.45) is 0 Å². The summed E-state index contributed by atoms with van der Waals surface area (Å²) in [4.78, 5) is 0.